The largest absolute Gasteiger partial charge is 0.0525 e. The van der Waals surface area contributed by atoms with Crippen molar-refractivity contribution < 1.29 is 0 Å². The Bertz CT molecular complexity index is 228. The van der Waals surface area contributed by atoms with Crippen molar-refractivity contribution in [2.45, 2.75) is 51.4 Å². The van der Waals surface area contributed by atoms with Crippen LogP contribution >= 0.6 is 0 Å². The summed E-state index contributed by atoms with van der Waals surface area (Å²) in [5, 5.41) is 0. The molecule has 0 N–H and O–H groups in total. The van der Waals surface area contributed by atoms with Crippen LogP contribution in [0.25, 0.3) is 0 Å². The first-order valence-corrected chi connectivity index (χ1v) is 6.36. The molecule has 5 rings (SSSR count). The molecule has 0 heteroatoms. The Morgan fingerprint density at radius 2 is 1.69 bits per heavy atom. The topological polar surface area (TPSA) is 0 Å². The van der Waals surface area contributed by atoms with Crippen molar-refractivity contribution in [3.63, 3.8) is 0 Å². The average Bonchev–Trinajstić information content (AvgIpc) is 2.46. The lowest BCUT2D eigenvalue weighted by Crippen LogP contribution is -2.50. The van der Waals surface area contributed by atoms with Gasteiger partial charge in [-0.25, -0.2) is 0 Å². The lowest BCUT2D eigenvalue weighted by atomic mass is 9.46. The van der Waals surface area contributed by atoms with Crippen molar-refractivity contribution in [1.82, 2.24) is 0 Å². The van der Waals surface area contributed by atoms with Crippen molar-refractivity contribution in [1.29, 1.82) is 0 Å². The maximum Gasteiger partial charge on any atom is -0.0261 e. The number of hydrogen-bond donors (Lipinski definition) is 0. The zero-order valence-electron chi connectivity index (χ0n) is 8.47. The van der Waals surface area contributed by atoms with E-state index in [0.717, 1.165) is 5.41 Å². The lowest BCUT2D eigenvalue weighted by molar-refractivity contribution is -0.0911. The Morgan fingerprint density at radius 1 is 0.923 bits per heavy atom. The molecule has 3 unspecified atom stereocenters. The normalized spacial score (nSPS) is 62.8. The van der Waals surface area contributed by atoms with E-state index in [9.17, 15) is 0 Å². The highest BCUT2D eigenvalue weighted by atomic mass is 14.6. The first kappa shape index (κ1) is 7.31. The fourth-order valence-corrected chi connectivity index (χ4v) is 5.92. The van der Waals surface area contributed by atoms with E-state index in [1.165, 1.54) is 23.7 Å². The first-order valence-electron chi connectivity index (χ1n) is 6.36. The van der Waals surface area contributed by atoms with Crippen molar-refractivity contribution in [3.05, 3.63) is 0 Å². The van der Waals surface area contributed by atoms with E-state index in [1.807, 2.05) is 0 Å². The van der Waals surface area contributed by atoms with Crippen LogP contribution in [0.15, 0.2) is 0 Å². The van der Waals surface area contributed by atoms with Gasteiger partial charge < -0.3 is 0 Å². The molecule has 0 aromatic rings. The third-order valence-electron chi connectivity index (χ3n) is 5.87. The summed E-state index contributed by atoms with van der Waals surface area (Å²) < 4.78 is 0. The van der Waals surface area contributed by atoms with Crippen molar-refractivity contribution in [3.8, 4) is 0 Å². The molecule has 5 fully saturated rings. The Morgan fingerprint density at radius 3 is 2.46 bits per heavy atom. The average molecular weight is 176 g/mol. The summed E-state index contributed by atoms with van der Waals surface area (Å²) in [5.74, 6) is 4.73. The molecule has 0 amide bonds. The van der Waals surface area contributed by atoms with Gasteiger partial charge in [-0.15, -0.1) is 0 Å². The summed E-state index contributed by atoms with van der Waals surface area (Å²) >= 11 is 0. The molecule has 5 aliphatic carbocycles. The van der Waals surface area contributed by atoms with Gasteiger partial charge in [-0.2, -0.15) is 0 Å². The Labute approximate surface area is 81.1 Å². The summed E-state index contributed by atoms with van der Waals surface area (Å²) in [5.41, 5.74) is 0.911. The molecule has 0 nitrogen and oxygen atoms in total. The van der Waals surface area contributed by atoms with Gasteiger partial charge in [-0.1, -0.05) is 6.42 Å². The summed E-state index contributed by atoms with van der Waals surface area (Å²) in [7, 11) is 0. The molecule has 5 saturated carbocycles. The molecule has 4 bridgehead atoms. The third-order valence-corrected chi connectivity index (χ3v) is 5.87. The Hall–Kier alpha value is 0. The Balaban J connectivity index is 1.80. The molecule has 1 spiro atoms. The minimum Gasteiger partial charge on any atom is -0.0525 e. The molecule has 13 heavy (non-hydrogen) atoms. The van der Waals surface area contributed by atoms with Crippen molar-refractivity contribution in [2.24, 2.45) is 29.1 Å². The van der Waals surface area contributed by atoms with E-state index in [-0.39, 0.29) is 0 Å². The SMILES string of the molecule is C1CC2C3CC4CC(C3)CC2(C1)C4. The maximum absolute atomic E-state index is 1.64. The van der Waals surface area contributed by atoms with Crippen LogP contribution in [-0.2, 0) is 0 Å². The molecule has 3 atom stereocenters. The van der Waals surface area contributed by atoms with Crippen LogP contribution < -0.4 is 0 Å². The highest BCUT2D eigenvalue weighted by Gasteiger charge is 2.58. The van der Waals surface area contributed by atoms with Gasteiger partial charge in [-0.3, -0.25) is 0 Å². The van der Waals surface area contributed by atoms with E-state index >= 15 is 0 Å². The maximum atomic E-state index is 1.64. The molecular formula is C13H20. The van der Waals surface area contributed by atoms with E-state index in [1.54, 1.807) is 51.4 Å². The zero-order chi connectivity index (χ0) is 8.47. The van der Waals surface area contributed by atoms with Crippen LogP contribution in [0.5, 0.6) is 0 Å². The minimum absolute atomic E-state index is 0.911. The van der Waals surface area contributed by atoms with Gasteiger partial charge in [0.05, 0.1) is 0 Å². The van der Waals surface area contributed by atoms with Crippen molar-refractivity contribution in [2.75, 3.05) is 0 Å². The van der Waals surface area contributed by atoms with Gasteiger partial charge in [-0.05, 0) is 74.0 Å². The van der Waals surface area contributed by atoms with Crippen LogP contribution in [0.4, 0.5) is 0 Å². The standard InChI is InChI=1S/C13H20/c1-2-12-11-5-9-4-10(6-11)8-13(12,3-1)7-9/h9-12H,1-8H2. The molecule has 0 saturated heterocycles. The Kier molecular flexibility index (Phi) is 1.21. The van der Waals surface area contributed by atoms with Crippen LogP contribution in [-0.4, -0.2) is 0 Å². The molecule has 0 aromatic heterocycles. The quantitative estimate of drug-likeness (QED) is 0.529. The predicted octanol–water partition coefficient (Wildman–Crippen LogP) is 3.61. The second-order valence-electron chi connectivity index (χ2n) is 6.47. The monoisotopic (exact) mass is 176 g/mol. The fourth-order valence-electron chi connectivity index (χ4n) is 5.92. The van der Waals surface area contributed by atoms with E-state index in [2.05, 4.69) is 0 Å². The zero-order valence-corrected chi connectivity index (χ0v) is 8.47. The van der Waals surface area contributed by atoms with Crippen LogP contribution in [0.3, 0.4) is 0 Å². The number of hydrogen-bond acceptors (Lipinski definition) is 0. The minimum atomic E-state index is 0.911. The number of rotatable bonds is 0. The summed E-state index contributed by atoms with van der Waals surface area (Å²) in [6, 6.07) is 0. The predicted molar refractivity (Wildman–Crippen MR) is 53.3 cm³/mol. The van der Waals surface area contributed by atoms with Gasteiger partial charge >= 0.3 is 0 Å². The summed E-state index contributed by atoms with van der Waals surface area (Å²) in [6.07, 6.45) is 12.9. The first-order chi connectivity index (χ1) is 6.36. The third kappa shape index (κ3) is 0.789. The molecule has 0 aliphatic heterocycles. The molecule has 5 aliphatic rings. The highest BCUT2D eigenvalue weighted by molar-refractivity contribution is 5.08. The molecular weight excluding hydrogens is 156 g/mol. The van der Waals surface area contributed by atoms with Crippen LogP contribution in [0.1, 0.15) is 51.4 Å². The van der Waals surface area contributed by atoms with E-state index < -0.39 is 0 Å². The molecule has 0 heterocycles. The van der Waals surface area contributed by atoms with Crippen LogP contribution in [0.2, 0.25) is 0 Å². The fraction of sp³-hybridized carbons (Fsp3) is 1.00. The lowest BCUT2D eigenvalue weighted by Gasteiger charge is -2.59. The molecule has 72 valence electrons. The van der Waals surface area contributed by atoms with Crippen LogP contribution in [0, 0.1) is 29.1 Å². The second-order valence-corrected chi connectivity index (χ2v) is 6.47. The van der Waals surface area contributed by atoms with Gasteiger partial charge in [0.25, 0.3) is 0 Å². The van der Waals surface area contributed by atoms with Gasteiger partial charge in [0, 0.05) is 0 Å². The summed E-state index contributed by atoms with van der Waals surface area (Å²) in [6.45, 7) is 0. The molecule has 0 aromatic carbocycles. The smallest absolute Gasteiger partial charge is 0.0261 e. The highest BCUT2D eigenvalue weighted by Crippen LogP contribution is 2.68. The van der Waals surface area contributed by atoms with Crippen molar-refractivity contribution >= 4 is 0 Å². The van der Waals surface area contributed by atoms with Gasteiger partial charge in [0.1, 0.15) is 0 Å². The molecule has 0 radical (unpaired) electrons. The van der Waals surface area contributed by atoms with Gasteiger partial charge in [0.15, 0.2) is 0 Å². The van der Waals surface area contributed by atoms with Gasteiger partial charge in [0.2, 0.25) is 0 Å². The van der Waals surface area contributed by atoms with E-state index in [4.69, 9.17) is 0 Å². The second kappa shape index (κ2) is 2.15. The summed E-state index contributed by atoms with van der Waals surface area (Å²) in [4.78, 5) is 0. The van der Waals surface area contributed by atoms with E-state index in [0.29, 0.717) is 0 Å².